The maximum atomic E-state index is 6.05. The Morgan fingerprint density at radius 3 is 2.67 bits per heavy atom. The Labute approximate surface area is 117 Å². The lowest BCUT2D eigenvalue weighted by atomic mass is 10.1. The zero-order chi connectivity index (χ0) is 13.0. The van der Waals surface area contributed by atoms with Crippen molar-refractivity contribution in [3.8, 4) is 5.75 Å². The van der Waals surface area contributed by atoms with Crippen LogP contribution in [0.1, 0.15) is 18.1 Å². The highest BCUT2D eigenvalue weighted by molar-refractivity contribution is 6.31. The van der Waals surface area contributed by atoms with E-state index >= 15 is 0 Å². The lowest BCUT2D eigenvalue weighted by Gasteiger charge is -2.08. The lowest BCUT2D eigenvalue weighted by Crippen LogP contribution is -1.96. The van der Waals surface area contributed by atoms with E-state index in [2.05, 4.69) is 11.9 Å². The summed E-state index contributed by atoms with van der Waals surface area (Å²) in [6.45, 7) is 2.53. The first-order valence-corrected chi connectivity index (χ1v) is 6.46. The van der Waals surface area contributed by atoms with Crippen molar-refractivity contribution < 1.29 is 4.74 Å². The van der Waals surface area contributed by atoms with Crippen LogP contribution in [0, 0.1) is 0 Å². The van der Waals surface area contributed by atoms with Gasteiger partial charge in [-0.05, 0) is 36.2 Å². The van der Waals surface area contributed by atoms with E-state index in [-0.39, 0.29) is 0 Å². The van der Waals surface area contributed by atoms with Gasteiger partial charge in [-0.3, -0.25) is 0 Å². The molecule has 0 N–H and O–H groups in total. The predicted octanol–water partition coefficient (Wildman–Crippen LogP) is 4.53. The molecule has 2 aromatic rings. The minimum Gasteiger partial charge on any atom is -0.489 e. The van der Waals surface area contributed by atoms with Gasteiger partial charge in [0.05, 0.1) is 0 Å². The summed E-state index contributed by atoms with van der Waals surface area (Å²) in [6, 6.07) is 9.33. The summed E-state index contributed by atoms with van der Waals surface area (Å²) in [4.78, 5) is 4.00. The summed E-state index contributed by atoms with van der Waals surface area (Å²) in [5.74, 6) is 0.811. The first-order chi connectivity index (χ1) is 8.69. The van der Waals surface area contributed by atoms with Crippen molar-refractivity contribution in [3.05, 3.63) is 57.8 Å². The van der Waals surface area contributed by atoms with Gasteiger partial charge in [-0.25, -0.2) is 4.98 Å². The monoisotopic (exact) mass is 281 g/mol. The molecule has 0 spiro atoms. The second-order valence-electron chi connectivity index (χ2n) is 3.88. The quantitative estimate of drug-likeness (QED) is 0.768. The second kappa shape index (κ2) is 6.07. The fourth-order valence-corrected chi connectivity index (χ4v) is 1.93. The fraction of sp³-hybridized carbons (Fsp3) is 0.214. The molecule has 94 valence electrons. The number of aryl methyl sites for hydroxylation is 1. The summed E-state index contributed by atoms with van der Waals surface area (Å²) in [5, 5.41) is 1.26. The molecule has 0 fully saturated rings. The van der Waals surface area contributed by atoms with Crippen LogP contribution in [-0.4, -0.2) is 4.98 Å². The predicted molar refractivity (Wildman–Crippen MR) is 74.4 cm³/mol. The van der Waals surface area contributed by atoms with E-state index in [4.69, 9.17) is 27.9 Å². The van der Waals surface area contributed by atoms with Gasteiger partial charge in [-0.2, -0.15) is 0 Å². The Kier molecular flexibility index (Phi) is 4.45. The zero-order valence-electron chi connectivity index (χ0n) is 9.99. The van der Waals surface area contributed by atoms with E-state index in [0.717, 1.165) is 28.3 Å². The number of nitrogens with zero attached hydrogens (tertiary/aromatic N) is 1. The number of benzene rings is 1. The molecule has 0 amide bonds. The summed E-state index contributed by atoms with van der Waals surface area (Å²) in [7, 11) is 0. The molecule has 0 saturated carbocycles. The largest absolute Gasteiger partial charge is 0.489 e. The smallest absolute Gasteiger partial charge is 0.129 e. The van der Waals surface area contributed by atoms with E-state index < -0.39 is 0 Å². The molecule has 1 aromatic heterocycles. The molecule has 0 unspecified atom stereocenters. The Morgan fingerprint density at radius 1 is 1.17 bits per heavy atom. The molecule has 0 saturated heterocycles. The maximum absolute atomic E-state index is 6.05. The second-order valence-corrected chi connectivity index (χ2v) is 4.68. The number of hydrogen-bond acceptors (Lipinski definition) is 2. The SMILES string of the molecule is CCc1cc(OCc2ccc(Cl)nc2)ccc1Cl. The molecular weight excluding hydrogens is 269 g/mol. The summed E-state index contributed by atoms with van der Waals surface area (Å²) < 4.78 is 5.69. The van der Waals surface area contributed by atoms with Crippen molar-refractivity contribution in [1.29, 1.82) is 0 Å². The lowest BCUT2D eigenvalue weighted by molar-refractivity contribution is 0.305. The number of aromatic nitrogens is 1. The van der Waals surface area contributed by atoms with Gasteiger partial charge >= 0.3 is 0 Å². The molecule has 1 aromatic carbocycles. The topological polar surface area (TPSA) is 22.1 Å². The molecule has 0 bridgehead atoms. The highest BCUT2D eigenvalue weighted by atomic mass is 35.5. The van der Waals surface area contributed by atoms with Crippen molar-refractivity contribution >= 4 is 23.2 Å². The van der Waals surface area contributed by atoms with Crippen LogP contribution in [0.2, 0.25) is 10.2 Å². The van der Waals surface area contributed by atoms with Gasteiger partial charge in [0.2, 0.25) is 0 Å². The third-order valence-corrected chi connectivity index (χ3v) is 3.18. The molecule has 0 aliphatic carbocycles. The number of halogens is 2. The van der Waals surface area contributed by atoms with Gasteiger partial charge in [-0.1, -0.05) is 36.2 Å². The molecule has 18 heavy (non-hydrogen) atoms. The van der Waals surface area contributed by atoms with Crippen LogP contribution in [0.3, 0.4) is 0 Å². The maximum Gasteiger partial charge on any atom is 0.129 e. The van der Waals surface area contributed by atoms with Gasteiger partial charge in [0.25, 0.3) is 0 Å². The Morgan fingerprint density at radius 2 is 2.00 bits per heavy atom. The average molecular weight is 282 g/mol. The van der Waals surface area contributed by atoms with Crippen LogP contribution in [0.15, 0.2) is 36.5 Å². The van der Waals surface area contributed by atoms with Crippen molar-refractivity contribution in [2.24, 2.45) is 0 Å². The van der Waals surface area contributed by atoms with Gasteiger partial charge in [0.1, 0.15) is 17.5 Å². The van der Waals surface area contributed by atoms with Crippen molar-refractivity contribution in [3.63, 3.8) is 0 Å². The van der Waals surface area contributed by atoms with Crippen LogP contribution in [0.5, 0.6) is 5.75 Å². The van der Waals surface area contributed by atoms with Gasteiger partial charge in [-0.15, -0.1) is 0 Å². The molecule has 0 aliphatic rings. The Hall–Kier alpha value is -1.25. The number of hydrogen-bond donors (Lipinski definition) is 0. The number of ether oxygens (including phenoxy) is 1. The minimum atomic E-state index is 0.467. The molecular formula is C14H13Cl2NO. The molecule has 4 heteroatoms. The zero-order valence-corrected chi connectivity index (χ0v) is 11.5. The average Bonchev–Trinajstić information content (AvgIpc) is 2.39. The standard InChI is InChI=1S/C14H13Cl2NO/c1-2-11-7-12(4-5-13(11)15)18-9-10-3-6-14(16)17-8-10/h3-8H,2,9H2,1H3. The van der Waals surface area contributed by atoms with E-state index in [1.165, 1.54) is 0 Å². The highest BCUT2D eigenvalue weighted by Crippen LogP contribution is 2.23. The summed E-state index contributed by atoms with van der Waals surface area (Å²) in [5.41, 5.74) is 2.07. The third kappa shape index (κ3) is 3.37. The van der Waals surface area contributed by atoms with E-state index in [0.29, 0.717) is 11.8 Å². The fourth-order valence-electron chi connectivity index (χ4n) is 1.57. The third-order valence-electron chi connectivity index (χ3n) is 2.59. The van der Waals surface area contributed by atoms with Crippen LogP contribution in [0.4, 0.5) is 0 Å². The number of rotatable bonds is 4. The first kappa shape index (κ1) is 13.2. The van der Waals surface area contributed by atoms with Crippen LogP contribution < -0.4 is 4.74 Å². The van der Waals surface area contributed by atoms with Crippen molar-refractivity contribution in [2.75, 3.05) is 0 Å². The van der Waals surface area contributed by atoms with E-state index in [1.54, 1.807) is 12.3 Å². The van der Waals surface area contributed by atoms with E-state index in [1.807, 2.05) is 24.3 Å². The molecule has 2 nitrogen and oxygen atoms in total. The van der Waals surface area contributed by atoms with Gasteiger partial charge in [0, 0.05) is 16.8 Å². The van der Waals surface area contributed by atoms with Crippen LogP contribution >= 0.6 is 23.2 Å². The normalized spacial score (nSPS) is 10.4. The van der Waals surface area contributed by atoms with Gasteiger partial charge < -0.3 is 4.74 Å². The molecule has 1 heterocycles. The first-order valence-electron chi connectivity index (χ1n) is 5.70. The Bertz CT molecular complexity index is 526. The molecule has 0 aliphatic heterocycles. The van der Waals surface area contributed by atoms with Crippen LogP contribution in [0.25, 0.3) is 0 Å². The van der Waals surface area contributed by atoms with Crippen molar-refractivity contribution in [2.45, 2.75) is 20.0 Å². The van der Waals surface area contributed by atoms with Crippen LogP contribution in [-0.2, 0) is 13.0 Å². The molecule has 2 rings (SSSR count). The number of pyridine rings is 1. The minimum absolute atomic E-state index is 0.467. The Balaban J connectivity index is 2.04. The van der Waals surface area contributed by atoms with E-state index in [9.17, 15) is 0 Å². The van der Waals surface area contributed by atoms with Crippen molar-refractivity contribution in [1.82, 2.24) is 4.98 Å². The van der Waals surface area contributed by atoms with Gasteiger partial charge in [0.15, 0.2) is 0 Å². The summed E-state index contributed by atoms with van der Waals surface area (Å²) >= 11 is 11.8. The summed E-state index contributed by atoms with van der Waals surface area (Å²) in [6.07, 6.45) is 2.59. The molecule has 0 atom stereocenters. The molecule has 0 radical (unpaired) electrons. The highest BCUT2D eigenvalue weighted by Gasteiger charge is 2.02.